The number of carbonyl (C=O) groups excluding carboxylic acids is 1. The molecular weight excluding hydrogens is 240 g/mol. The lowest BCUT2D eigenvalue weighted by molar-refractivity contribution is -0.385. The summed E-state index contributed by atoms with van der Waals surface area (Å²) in [6, 6.07) is 0. The minimum absolute atomic E-state index is 0.00304. The Morgan fingerprint density at radius 3 is 3.17 bits per heavy atom. The minimum atomic E-state index is -0.617. The summed E-state index contributed by atoms with van der Waals surface area (Å²) < 4.78 is 6.60. The molecule has 8 heteroatoms. The highest BCUT2D eigenvalue weighted by atomic mass is 16.6. The number of hydrogen-bond acceptors (Lipinski definition) is 5. The maximum absolute atomic E-state index is 11.8. The molecule has 0 unspecified atom stereocenters. The summed E-state index contributed by atoms with van der Waals surface area (Å²) >= 11 is 0. The normalized spacial score (nSPS) is 18.8. The third-order valence-electron chi connectivity index (χ3n) is 2.74. The van der Waals surface area contributed by atoms with Gasteiger partial charge in [-0.15, -0.1) is 0 Å². The molecule has 1 aromatic heterocycles. The quantitative estimate of drug-likeness (QED) is 0.612. The van der Waals surface area contributed by atoms with Gasteiger partial charge in [-0.25, -0.2) is 0 Å². The Labute approximate surface area is 103 Å². The van der Waals surface area contributed by atoms with Crippen LogP contribution < -0.4 is 5.32 Å². The Hall–Kier alpha value is -1.96. The first-order valence-electron chi connectivity index (χ1n) is 5.66. The smallest absolute Gasteiger partial charge is 0.320 e. The van der Waals surface area contributed by atoms with Crippen LogP contribution in [0.5, 0.6) is 0 Å². The fourth-order valence-corrected chi connectivity index (χ4v) is 1.87. The summed E-state index contributed by atoms with van der Waals surface area (Å²) in [5, 5.41) is 17.2. The molecule has 8 nitrogen and oxygen atoms in total. The van der Waals surface area contributed by atoms with Crippen molar-refractivity contribution in [3.05, 3.63) is 22.0 Å². The van der Waals surface area contributed by atoms with Crippen LogP contribution in [0.1, 0.15) is 23.3 Å². The van der Waals surface area contributed by atoms with E-state index >= 15 is 0 Å². The van der Waals surface area contributed by atoms with Crippen LogP contribution in [-0.4, -0.2) is 39.9 Å². The number of ether oxygens (including phenoxy) is 1. The minimum Gasteiger partial charge on any atom is -0.376 e. The third kappa shape index (κ3) is 2.65. The van der Waals surface area contributed by atoms with Gasteiger partial charge in [-0.3, -0.25) is 19.6 Å². The molecule has 1 saturated heterocycles. The average molecular weight is 254 g/mol. The van der Waals surface area contributed by atoms with Crippen molar-refractivity contribution in [1.29, 1.82) is 0 Å². The van der Waals surface area contributed by atoms with Gasteiger partial charge in [-0.2, -0.15) is 5.10 Å². The van der Waals surface area contributed by atoms with Gasteiger partial charge < -0.3 is 10.1 Å². The van der Waals surface area contributed by atoms with Crippen molar-refractivity contribution in [1.82, 2.24) is 15.1 Å². The lowest BCUT2D eigenvalue weighted by Crippen LogP contribution is -2.32. The van der Waals surface area contributed by atoms with Crippen LogP contribution in [0, 0.1) is 10.1 Å². The largest absolute Gasteiger partial charge is 0.376 e. The second-order valence-electron chi connectivity index (χ2n) is 4.14. The molecule has 0 radical (unpaired) electrons. The van der Waals surface area contributed by atoms with E-state index in [0.29, 0.717) is 13.2 Å². The van der Waals surface area contributed by atoms with Crippen LogP contribution in [0.25, 0.3) is 0 Å². The standard InChI is InChI=1S/C10H14N4O4/c1-13-6-8(14(16)17)9(12-13)10(15)11-5-7-3-2-4-18-7/h6-7H,2-5H2,1H3,(H,11,15)/t7-/m0/s1. The molecule has 1 aromatic rings. The van der Waals surface area contributed by atoms with Crippen molar-refractivity contribution in [2.75, 3.05) is 13.2 Å². The summed E-state index contributed by atoms with van der Waals surface area (Å²) in [6.45, 7) is 1.05. The van der Waals surface area contributed by atoms with Gasteiger partial charge in [-0.1, -0.05) is 0 Å². The van der Waals surface area contributed by atoms with E-state index in [0.717, 1.165) is 12.8 Å². The lowest BCUT2D eigenvalue weighted by Gasteiger charge is -2.09. The predicted octanol–water partition coefficient (Wildman–Crippen LogP) is 0.237. The summed E-state index contributed by atoms with van der Waals surface area (Å²) in [6.07, 6.45) is 3.08. The molecule has 1 aliphatic heterocycles. The topological polar surface area (TPSA) is 99.3 Å². The molecule has 98 valence electrons. The molecule has 0 bridgehead atoms. The molecule has 0 aromatic carbocycles. The van der Waals surface area contributed by atoms with Crippen LogP contribution >= 0.6 is 0 Å². The van der Waals surface area contributed by atoms with Gasteiger partial charge in [0.1, 0.15) is 6.20 Å². The molecule has 1 aliphatic rings. The summed E-state index contributed by atoms with van der Waals surface area (Å²) in [4.78, 5) is 21.9. The highest BCUT2D eigenvalue weighted by Gasteiger charge is 2.25. The van der Waals surface area contributed by atoms with E-state index in [-0.39, 0.29) is 17.5 Å². The van der Waals surface area contributed by atoms with Crippen molar-refractivity contribution >= 4 is 11.6 Å². The van der Waals surface area contributed by atoms with E-state index in [9.17, 15) is 14.9 Å². The molecule has 0 saturated carbocycles. The molecule has 1 N–H and O–H groups in total. The van der Waals surface area contributed by atoms with Crippen LogP contribution in [0.2, 0.25) is 0 Å². The lowest BCUT2D eigenvalue weighted by atomic mass is 10.2. The number of aromatic nitrogens is 2. The van der Waals surface area contributed by atoms with Gasteiger partial charge in [0.05, 0.1) is 11.0 Å². The monoisotopic (exact) mass is 254 g/mol. The second-order valence-corrected chi connectivity index (χ2v) is 4.14. The van der Waals surface area contributed by atoms with Crippen LogP contribution in [0.15, 0.2) is 6.20 Å². The van der Waals surface area contributed by atoms with E-state index in [1.165, 1.54) is 17.9 Å². The highest BCUT2D eigenvalue weighted by Crippen LogP contribution is 2.16. The number of nitro groups is 1. The maximum atomic E-state index is 11.8. The van der Waals surface area contributed by atoms with Crippen LogP contribution in [0.4, 0.5) is 5.69 Å². The molecule has 0 aliphatic carbocycles. The Balaban J connectivity index is 2.01. The molecule has 2 rings (SSSR count). The molecule has 2 heterocycles. The molecule has 18 heavy (non-hydrogen) atoms. The number of amides is 1. The fourth-order valence-electron chi connectivity index (χ4n) is 1.87. The maximum Gasteiger partial charge on any atom is 0.320 e. The molecule has 1 atom stereocenters. The first kappa shape index (κ1) is 12.5. The Morgan fingerprint density at radius 2 is 2.56 bits per heavy atom. The molecule has 1 amide bonds. The van der Waals surface area contributed by atoms with E-state index in [1.807, 2.05) is 0 Å². The molecule has 0 spiro atoms. The highest BCUT2D eigenvalue weighted by molar-refractivity contribution is 5.96. The van der Waals surface area contributed by atoms with Crippen molar-refractivity contribution in [3.63, 3.8) is 0 Å². The predicted molar refractivity (Wildman–Crippen MR) is 61.2 cm³/mol. The van der Waals surface area contributed by atoms with Crippen molar-refractivity contribution in [3.8, 4) is 0 Å². The van der Waals surface area contributed by atoms with Crippen molar-refractivity contribution in [2.24, 2.45) is 7.05 Å². The van der Waals surface area contributed by atoms with E-state index in [4.69, 9.17) is 4.74 Å². The summed E-state index contributed by atoms with van der Waals surface area (Å²) in [5.74, 6) is -0.544. The Morgan fingerprint density at radius 1 is 1.78 bits per heavy atom. The van der Waals surface area contributed by atoms with E-state index in [1.54, 1.807) is 0 Å². The fraction of sp³-hybridized carbons (Fsp3) is 0.600. The van der Waals surface area contributed by atoms with Gasteiger partial charge in [0, 0.05) is 20.2 Å². The van der Waals surface area contributed by atoms with Gasteiger partial charge in [-0.05, 0) is 12.8 Å². The first-order valence-corrected chi connectivity index (χ1v) is 5.66. The van der Waals surface area contributed by atoms with Gasteiger partial charge in [0.2, 0.25) is 5.69 Å². The van der Waals surface area contributed by atoms with E-state index in [2.05, 4.69) is 10.4 Å². The third-order valence-corrected chi connectivity index (χ3v) is 2.74. The van der Waals surface area contributed by atoms with Crippen LogP contribution in [-0.2, 0) is 11.8 Å². The zero-order valence-corrected chi connectivity index (χ0v) is 9.96. The summed E-state index contributed by atoms with van der Waals surface area (Å²) in [5.41, 5.74) is -0.456. The zero-order valence-electron chi connectivity index (χ0n) is 9.96. The number of nitrogens with zero attached hydrogens (tertiary/aromatic N) is 3. The number of aryl methyl sites for hydroxylation is 1. The van der Waals surface area contributed by atoms with Crippen molar-refractivity contribution in [2.45, 2.75) is 18.9 Å². The molecular formula is C10H14N4O4. The number of hydrogen-bond donors (Lipinski definition) is 1. The number of carbonyl (C=O) groups is 1. The Bertz CT molecular complexity index is 464. The van der Waals surface area contributed by atoms with E-state index < -0.39 is 10.8 Å². The second kappa shape index (κ2) is 5.13. The van der Waals surface area contributed by atoms with Crippen LogP contribution in [0.3, 0.4) is 0 Å². The number of rotatable bonds is 4. The summed E-state index contributed by atoms with van der Waals surface area (Å²) in [7, 11) is 1.53. The van der Waals surface area contributed by atoms with Gasteiger partial charge in [0.25, 0.3) is 5.91 Å². The first-order chi connectivity index (χ1) is 8.58. The van der Waals surface area contributed by atoms with Gasteiger partial charge >= 0.3 is 5.69 Å². The van der Waals surface area contributed by atoms with Crippen molar-refractivity contribution < 1.29 is 14.5 Å². The molecule has 1 fully saturated rings. The average Bonchev–Trinajstić information content (AvgIpc) is 2.94. The van der Waals surface area contributed by atoms with Gasteiger partial charge in [0.15, 0.2) is 0 Å². The Kier molecular flexibility index (Phi) is 3.56. The number of nitrogens with one attached hydrogen (secondary N) is 1. The zero-order chi connectivity index (χ0) is 13.1. The SMILES string of the molecule is Cn1cc([N+](=O)[O-])c(C(=O)NC[C@@H]2CCCO2)n1.